The molecular weight excluding hydrogens is 206 g/mol. The van der Waals surface area contributed by atoms with Gasteiger partial charge < -0.3 is 15.3 Å². The van der Waals surface area contributed by atoms with Crippen LogP contribution in [0.15, 0.2) is 18.2 Å². The molecule has 0 aliphatic carbocycles. The SMILES string of the molecule is OCc1cccc(C(O)C(O)CCl)n1. The van der Waals surface area contributed by atoms with Gasteiger partial charge in [-0.25, -0.2) is 0 Å². The maximum Gasteiger partial charge on any atom is 0.123 e. The number of alkyl halides is 1. The number of aliphatic hydroxyl groups is 3. The monoisotopic (exact) mass is 217 g/mol. The Morgan fingerprint density at radius 2 is 2.07 bits per heavy atom. The number of pyridine rings is 1. The molecule has 0 saturated carbocycles. The first-order valence-corrected chi connectivity index (χ1v) is 4.71. The molecule has 3 N–H and O–H groups in total. The number of nitrogens with zero attached hydrogens (tertiary/aromatic N) is 1. The smallest absolute Gasteiger partial charge is 0.123 e. The zero-order valence-electron chi connectivity index (χ0n) is 7.47. The molecular formula is C9H12ClNO3. The molecule has 1 rings (SSSR count). The van der Waals surface area contributed by atoms with Gasteiger partial charge in [0.1, 0.15) is 6.10 Å². The van der Waals surface area contributed by atoms with E-state index in [-0.39, 0.29) is 12.5 Å². The molecule has 0 saturated heterocycles. The van der Waals surface area contributed by atoms with Crippen LogP contribution in [-0.2, 0) is 6.61 Å². The van der Waals surface area contributed by atoms with Crippen LogP contribution in [-0.4, -0.2) is 32.3 Å². The standard InChI is InChI=1S/C9H12ClNO3/c10-4-8(13)9(14)7-3-1-2-6(5-12)11-7/h1-3,8-9,12-14H,4-5H2. The lowest BCUT2D eigenvalue weighted by molar-refractivity contribution is 0.0297. The van der Waals surface area contributed by atoms with Crippen molar-refractivity contribution in [3.8, 4) is 0 Å². The molecule has 1 aromatic rings. The van der Waals surface area contributed by atoms with Gasteiger partial charge >= 0.3 is 0 Å². The summed E-state index contributed by atoms with van der Waals surface area (Å²) in [5, 5.41) is 27.6. The molecule has 0 radical (unpaired) electrons. The van der Waals surface area contributed by atoms with E-state index >= 15 is 0 Å². The minimum Gasteiger partial charge on any atom is -0.390 e. The predicted octanol–water partition coefficient (Wildman–Crippen LogP) is 0.207. The molecule has 0 fully saturated rings. The van der Waals surface area contributed by atoms with Crippen molar-refractivity contribution in [1.82, 2.24) is 4.98 Å². The molecule has 2 unspecified atom stereocenters. The van der Waals surface area contributed by atoms with E-state index in [9.17, 15) is 10.2 Å². The Morgan fingerprint density at radius 3 is 2.64 bits per heavy atom. The first-order chi connectivity index (χ1) is 6.69. The van der Waals surface area contributed by atoms with E-state index in [0.29, 0.717) is 11.4 Å². The Balaban J connectivity index is 2.83. The fourth-order valence-corrected chi connectivity index (χ4v) is 1.20. The number of aromatic nitrogens is 1. The fourth-order valence-electron chi connectivity index (χ4n) is 1.03. The van der Waals surface area contributed by atoms with Gasteiger partial charge in [-0.3, -0.25) is 4.98 Å². The highest BCUT2D eigenvalue weighted by atomic mass is 35.5. The van der Waals surface area contributed by atoms with E-state index in [1.807, 2.05) is 0 Å². The summed E-state index contributed by atoms with van der Waals surface area (Å²) in [6.45, 7) is -0.197. The normalized spacial score (nSPS) is 15.1. The van der Waals surface area contributed by atoms with E-state index < -0.39 is 12.2 Å². The highest BCUT2D eigenvalue weighted by Crippen LogP contribution is 2.15. The lowest BCUT2D eigenvalue weighted by Gasteiger charge is -2.14. The zero-order chi connectivity index (χ0) is 10.6. The first-order valence-electron chi connectivity index (χ1n) is 4.17. The van der Waals surface area contributed by atoms with Crippen molar-refractivity contribution in [2.24, 2.45) is 0 Å². The molecule has 1 heterocycles. The van der Waals surface area contributed by atoms with Gasteiger partial charge in [0.25, 0.3) is 0 Å². The molecule has 78 valence electrons. The summed E-state index contributed by atoms with van der Waals surface area (Å²) in [5.74, 6) is -0.0633. The van der Waals surface area contributed by atoms with E-state index in [2.05, 4.69) is 4.98 Å². The molecule has 0 amide bonds. The van der Waals surface area contributed by atoms with Gasteiger partial charge in [-0.2, -0.15) is 0 Å². The number of rotatable bonds is 4. The third-order valence-corrected chi connectivity index (χ3v) is 2.13. The topological polar surface area (TPSA) is 73.6 Å². The second-order valence-electron chi connectivity index (χ2n) is 2.88. The molecule has 0 bridgehead atoms. The largest absolute Gasteiger partial charge is 0.390 e. The summed E-state index contributed by atoms with van der Waals surface area (Å²) >= 11 is 5.38. The first kappa shape index (κ1) is 11.4. The lowest BCUT2D eigenvalue weighted by Crippen LogP contribution is -2.20. The van der Waals surface area contributed by atoms with Crippen molar-refractivity contribution in [3.05, 3.63) is 29.6 Å². The summed E-state index contributed by atoms with van der Waals surface area (Å²) in [7, 11) is 0. The van der Waals surface area contributed by atoms with Crippen molar-refractivity contribution in [3.63, 3.8) is 0 Å². The van der Waals surface area contributed by atoms with Gasteiger partial charge in [-0.05, 0) is 12.1 Å². The van der Waals surface area contributed by atoms with Crippen LogP contribution >= 0.6 is 11.6 Å². The van der Waals surface area contributed by atoms with Gasteiger partial charge in [-0.15, -0.1) is 11.6 Å². The number of hydrogen-bond acceptors (Lipinski definition) is 4. The quantitative estimate of drug-likeness (QED) is 0.631. The molecule has 0 spiro atoms. The average molecular weight is 218 g/mol. The molecule has 0 aromatic carbocycles. The Bertz CT molecular complexity index is 295. The van der Waals surface area contributed by atoms with E-state index in [1.54, 1.807) is 18.2 Å². The zero-order valence-corrected chi connectivity index (χ0v) is 8.22. The third-order valence-electron chi connectivity index (χ3n) is 1.82. The van der Waals surface area contributed by atoms with Gasteiger partial charge in [0, 0.05) is 0 Å². The molecule has 14 heavy (non-hydrogen) atoms. The third kappa shape index (κ3) is 2.65. The Labute approximate surface area is 86.8 Å². The lowest BCUT2D eigenvalue weighted by atomic mass is 10.1. The summed E-state index contributed by atoms with van der Waals surface area (Å²) in [6, 6.07) is 4.85. The molecule has 0 aliphatic heterocycles. The average Bonchev–Trinajstić information content (AvgIpc) is 2.27. The maximum absolute atomic E-state index is 9.53. The van der Waals surface area contributed by atoms with Gasteiger partial charge in [0.2, 0.25) is 0 Å². The highest BCUT2D eigenvalue weighted by Gasteiger charge is 2.18. The minimum absolute atomic E-state index is 0.0633. The van der Waals surface area contributed by atoms with E-state index in [4.69, 9.17) is 16.7 Å². The minimum atomic E-state index is -1.11. The maximum atomic E-state index is 9.53. The Hall–Kier alpha value is -0.680. The van der Waals surface area contributed by atoms with Crippen molar-refractivity contribution < 1.29 is 15.3 Å². The fraction of sp³-hybridized carbons (Fsp3) is 0.444. The van der Waals surface area contributed by atoms with Crippen LogP contribution in [0.25, 0.3) is 0 Å². The summed E-state index contributed by atoms with van der Waals surface area (Å²) < 4.78 is 0. The number of hydrogen-bond donors (Lipinski definition) is 3. The number of halogens is 1. The van der Waals surface area contributed by atoms with Crippen LogP contribution in [0, 0.1) is 0 Å². The molecule has 0 aliphatic rings. The van der Waals surface area contributed by atoms with Crippen LogP contribution in [0.5, 0.6) is 0 Å². The van der Waals surface area contributed by atoms with Crippen LogP contribution in [0.2, 0.25) is 0 Å². The molecule has 4 nitrogen and oxygen atoms in total. The van der Waals surface area contributed by atoms with Crippen molar-refractivity contribution >= 4 is 11.6 Å². The molecule has 2 atom stereocenters. The van der Waals surface area contributed by atoms with Gasteiger partial charge in [0.15, 0.2) is 0 Å². The molecule has 5 heteroatoms. The predicted molar refractivity (Wildman–Crippen MR) is 51.8 cm³/mol. The summed E-state index contributed by atoms with van der Waals surface area (Å²) in [5.41, 5.74) is 0.757. The van der Waals surface area contributed by atoms with Crippen molar-refractivity contribution in [2.45, 2.75) is 18.8 Å². The Kier molecular flexibility index (Phi) is 4.28. The van der Waals surface area contributed by atoms with Crippen LogP contribution in [0.4, 0.5) is 0 Å². The van der Waals surface area contributed by atoms with Gasteiger partial charge in [-0.1, -0.05) is 6.07 Å². The van der Waals surface area contributed by atoms with E-state index in [1.165, 1.54) is 0 Å². The summed E-state index contributed by atoms with van der Waals surface area (Å²) in [6.07, 6.45) is -2.16. The summed E-state index contributed by atoms with van der Waals surface area (Å²) in [4.78, 5) is 3.94. The molecule has 1 aromatic heterocycles. The van der Waals surface area contributed by atoms with E-state index in [0.717, 1.165) is 0 Å². The van der Waals surface area contributed by atoms with Crippen LogP contribution in [0.3, 0.4) is 0 Å². The van der Waals surface area contributed by atoms with Crippen molar-refractivity contribution in [2.75, 3.05) is 5.88 Å². The second kappa shape index (κ2) is 5.26. The van der Waals surface area contributed by atoms with Crippen LogP contribution in [0.1, 0.15) is 17.5 Å². The number of aliphatic hydroxyl groups excluding tert-OH is 3. The highest BCUT2D eigenvalue weighted by molar-refractivity contribution is 6.18. The van der Waals surface area contributed by atoms with Gasteiger partial charge in [0.05, 0.1) is 30.0 Å². The second-order valence-corrected chi connectivity index (χ2v) is 3.19. The van der Waals surface area contributed by atoms with Crippen molar-refractivity contribution in [1.29, 1.82) is 0 Å². The Morgan fingerprint density at radius 1 is 1.36 bits per heavy atom. The van der Waals surface area contributed by atoms with Crippen LogP contribution < -0.4 is 0 Å².